The average molecular weight is 456 g/mol. The summed E-state index contributed by atoms with van der Waals surface area (Å²) in [6.45, 7) is 0. The Balaban J connectivity index is 1.69. The third-order valence-electron chi connectivity index (χ3n) is 7.59. The Bertz CT molecular complexity index is 1040. The Morgan fingerprint density at radius 2 is 1.09 bits per heavy atom. The predicted molar refractivity (Wildman–Crippen MR) is 142 cm³/mol. The SMILES string of the molecule is Cl/C(=N\c1c(C2CCCCC2)cc(-c2ccccc2)cc1C1CCCCC1)c1ccccc1. The number of benzene rings is 3. The highest BCUT2D eigenvalue weighted by Gasteiger charge is 2.26. The van der Waals surface area contributed by atoms with Gasteiger partial charge in [0.15, 0.2) is 0 Å². The highest BCUT2D eigenvalue weighted by molar-refractivity contribution is 6.69. The highest BCUT2D eigenvalue weighted by atomic mass is 35.5. The Hall–Kier alpha value is -2.38. The van der Waals surface area contributed by atoms with Gasteiger partial charge in [-0.1, -0.05) is 111 Å². The van der Waals surface area contributed by atoms with Crippen LogP contribution in [0.1, 0.15) is 92.7 Å². The Kier molecular flexibility index (Phi) is 7.27. The molecule has 5 rings (SSSR count). The van der Waals surface area contributed by atoms with Gasteiger partial charge in [0, 0.05) is 5.56 Å². The third-order valence-corrected chi connectivity index (χ3v) is 7.89. The summed E-state index contributed by atoms with van der Waals surface area (Å²) in [4.78, 5) is 5.20. The molecule has 0 heterocycles. The van der Waals surface area contributed by atoms with E-state index in [9.17, 15) is 0 Å². The zero-order valence-corrected chi connectivity index (χ0v) is 20.2. The van der Waals surface area contributed by atoms with Crippen LogP contribution in [-0.2, 0) is 0 Å². The Labute approximate surface area is 203 Å². The third kappa shape index (κ3) is 5.25. The van der Waals surface area contributed by atoms with Gasteiger partial charge < -0.3 is 0 Å². The van der Waals surface area contributed by atoms with Crippen molar-refractivity contribution in [2.75, 3.05) is 0 Å². The summed E-state index contributed by atoms with van der Waals surface area (Å²) in [7, 11) is 0. The minimum absolute atomic E-state index is 0.573. The molecule has 0 atom stereocenters. The van der Waals surface area contributed by atoms with E-state index in [1.807, 2.05) is 18.2 Å². The van der Waals surface area contributed by atoms with E-state index in [1.54, 1.807) is 0 Å². The van der Waals surface area contributed by atoms with Gasteiger partial charge in [0.1, 0.15) is 5.17 Å². The molecule has 0 radical (unpaired) electrons. The number of hydrogen-bond donors (Lipinski definition) is 0. The van der Waals surface area contributed by atoms with Crippen LogP contribution in [-0.4, -0.2) is 5.17 Å². The van der Waals surface area contributed by atoms with Crippen LogP contribution in [0.5, 0.6) is 0 Å². The number of aliphatic imine (C=N–C) groups is 1. The highest BCUT2D eigenvalue weighted by Crippen LogP contribution is 2.46. The van der Waals surface area contributed by atoms with E-state index in [-0.39, 0.29) is 0 Å². The first-order chi connectivity index (χ1) is 16.3. The molecule has 0 spiro atoms. The van der Waals surface area contributed by atoms with Crippen molar-refractivity contribution in [1.82, 2.24) is 0 Å². The molecule has 0 saturated heterocycles. The lowest BCUT2D eigenvalue weighted by molar-refractivity contribution is 0.436. The fraction of sp³-hybridized carbons (Fsp3) is 0.387. The standard InChI is InChI=1S/C31H34ClN/c32-31(26-19-11-4-12-20-26)33-30-28(24-15-7-2-8-16-24)21-27(23-13-5-1-6-14-23)22-29(30)25-17-9-3-10-18-25/h1,4-6,11-14,19-22,24-25H,2-3,7-10,15-18H2/b33-31-. The lowest BCUT2D eigenvalue weighted by atomic mass is 9.77. The Morgan fingerprint density at radius 1 is 0.606 bits per heavy atom. The molecule has 2 aliphatic rings. The molecule has 3 aromatic rings. The zero-order chi connectivity index (χ0) is 22.5. The molecule has 3 aromatic carbocycles. The second-order valence-corrected chi connectivity index (χ2v) is 10.2. The predicted octanol–water partition coefficient (Wildman–Crippen LogP) is 9.77. The molecule has 0 aliphatic heterocycles. The maximum atomic E-state index is 6.87. The largest absolute Gasteiger partial charge is 0.235 e. The second kappa shape index (κ2) is 10.7. The zero-order valence-electron chi connectivity index (χ0n) is 19.5. The molecule has 0 bridgehead atoms. The fourth-order valence-corrected chi connectivity index (χ4v) is 6.00. The normalized spacial score (nSPS) is 18.4. The summed E-state index contributed by atoms with van der Waals surface area (Å²) in [6, 6.07) is 26.0. The molecular formula is C31H34ClN. The van der Waals surface area contributed by atoms with Crippen molar-refractivity contribution in [2.24, 2.45) is 4.99 Å². The van der Waals surface area contributed by atoms with E-state index < -0.39 is 0 Å². The molecule has 170 valence electrons. The lowest BCUT2D eigenvalue weighted by Gasteiger charge is -2.29. The van der Waals surface area contributed by atoms with E-state index in [1.165, 1.54) is 92.1 Å². The molecular weight excluding hydrogens is 422 g/mol. The first-order valence-corrected chi connectivity index (χ1v) is 13.2. The van der Waals surface area contributed by atoms with Gasteiger partial charge in [0.25, 0.3) is 0 Å². The van der Waals surface area contributed by atoms with Gasteiger partial charge in [-0.2, -0.15) is 0 Å². The minimum Gasteiger partial charge on any atom is -0.235 e. The molecule has 0 aromatic heterocycles. The monoisotopic (exact) mass is 455 g/mol. The average Bonchev–Trinajstić information content (AvgIpc) is 2.90. The molecule has 2 heteroatoms. The van der Waals surface area contributed by atoms with E-state index in [0.717, 1.165) is 5.56 Å². The number of rotatable bonds is 5. The molecule has 2 aliphatic carbocycles. The summed E-state index contributed by atoms with van der Waals surface area (Å²) in [6.07, 6.45) is 13.0. The quantitative estimate of drug-likeness (QED) is 0.339. The second-order valence-electron chi connectivity index (χ2n) is 9.81. The van der Waals surface area contributed by atoms with Crippen molar-refractivity contribution in [3.05, 3.63) is 89.5 Å². The van der Waals surface area contributed by atoms with E-state index in [0.29, 0.717) is 17.0 Å². The van der Waals surface area contributed by atoms with Gasteiger partial charge in [-0.25, -0.2) is 4.99 Å². The summed E-state index contributed by atoms with van der Waals surface area (Å²) < 4.78 is 0. The van der Waals surface area contributed by atoms with Crippen LogP contribution >= 0.6 is 11.6 Å². The van der Waals surface area contributed by atoms with Gasteiger partial charge in [-0.15, -0.1) is 0 Å². The van der Waals surface area contributed by atoms with Crippen LogP contribution in [0.4, 0.5) is 5.69 Å². The molecule has 0 amide bonds. The Morgan fingerprint density at radius 3 is 1.61 bits per heavy atom. The first kappa shape index (κ1) is 22.4. The smallest absolute Gasteiger partial charge is 0.136 e. The summed E-state index contributed by atoms with van der Waals surface area (Å²) in [5, 5.41) is 0.608. The summed E-state index contributed by atoms with van der Waals surface area (Å²) in [5.41, 5.74) is 7.65. The molecule has 2 saturated carbocycles. The van der Waals surface area contributed by atoms with Gasteiger partial charge in [0.05, 0.1) is 5.69 Å². The van der Waals surface area contributed by atoms with Crippen molar-refractivity contribution in [1.29, 1.82) is 0 Å². The maximum absolute atomic E-state index is 6.87. The van der Waals surface area contributed by atoms with Crippen molar-refractivity contribution in [3.63, 3.8) is 0 Å². The van der Waals surface area contributed by atoms with E-state index in [2.05, 4.69) is 54.6 Å². The van der Waals surface area contributed by atoms with Crippen LogP contribution in [0.25, 0.3) is 11.1 Å². The topological polar surface area (TPSA) is 12.4 Å². The van der Waals surface area contributed by atoms with Gasteiger partial charge >= 0.3 is 0 Å². The lowest BCUT2D eigenvalue weighted by Crippen LogP contribution is -2.10. The van der Waals surface area contributed by atoms with E-state index >= 15 is 0 Å². The maximum Gasteiger partial charge on any atom is 0.136 e. The molecule has 1 nitrogen and oxygen atoms in total. The summed E-state index contributed by atoms with van der Waals surface area (Å²) in [5.74, 6) is 1.15. The van der Waals surface area contributed by atoms with Crippen molar-refractivity contribution in [2.45, 2.75) is 76.0 Å². The van der Waals surface area contributed by atoms with Crippen molar-refractivity contribution < 1.29 is 0 Å². The van der Waals surface area contributed by atoms with Crippen LogP contribution < -0.4 is 0 Å². The van der Waals surface area contributed by atoms with Gasteiger partial charge in [-0.3, -0.25) is 0 Å². The van der Waals surface area contributed by atoms with Crippen LogP contribution in [0.15, 0.2) is 77.8 Å². The number of hydrogen-bond acceptors (Lipinski definition) is 1. The van der Waals surface area contributed by atoms with E-state index in [4.69, 9.17) is 16.6 Å². The molecule has 33 heavy (non-hydrogen) atoms. The molecule has 2 fully saturated rings. The first-order valence-electron chi connectivity index (χ1n) is 12.8. The van der Waals surface area contributed by atoms with Crippen molar-refractivity contribution in [3.8, 4) is 11.1 Å². The molecule has 0 N–H and O–H groups in total. The van der Waals surface area contributed by atoms with Crippen LogP contribution in [0, 0.1) is 0 Å². The minimum atomic E-state index is 0.573. The van der Waals surface area contributed by atoms with Crippen molar-refractivity contribution >= 4 is 22.5 Å². The van der Waals surface area contributed by atoms with Gasteiger partial charge in [0.2, 0.25) is 0 Å². The number of halogens is 1. The van der Waals surface area contributed by atoms with Crippen LogP contribution in [0.3, 0.4) is 0 Å². The van der Waals surface area contributed by atoms with Crippen LogP contribution in [0.2, 0.25) is 0 Å². The van der Waals surface area contributed by atoms with Gasteiger partial charge in [-0.05, 0) is 71.9 Å². The summed E-state index contributed by atoms with van der Waals surface area (Å²) >= 11 is 6.87. The fourth-order valence-electron chi connectivity index (χ4n) is 5.79. The number of nitrogens with zero attached hydrogens (tertiary/aromatic N) is 1. The molecule has 0 unspecified atom stereocenters.